The molecule has 0 amide bonds. The van der Waals surface area contributed by atoms with Gasteiger partial charge < -0.3 is 19.7 Å². The lowest BCUT2D eigenvalue weighted by atomic mass is 9.97. The SMILES string of the molecule is C=C(c1ccc(F)cc1)c1ccccc1NC(Cc1ccc(OCCn2c3ccccc3c3ccccc32)cc1)C(=O)O. The van der Waals surface area contributed by atoms with Gasteiger partial charge in [-0.15, -0.1) is 0 Å². The molecule has 1 unspecified atom stereocenters. The Kier molecular flexibility index (Phi) is 7.92. The largest absolute Gasteiger partial charge is 0.492 e. The molecule has 6 heteroatoms. The molecular weight excluding hydrogens is 539 g/mol. The Morgan fingerprint density at radius 1 is 0.814 bits per heavy atom. The van der Waals surface area contributed by atoms with Crippen LogP contribution in [-0.2, 0) is 17.8 Å². The van der Waals surface area contributed by atoms with Gasteiger partial charge in [-0.05, 0) is 59.2 Å². The number of carbonyl (C=O) groups is 1. The van der Waals surface area contributed by atoms with E-state index in [2.05, 4.69) is 65.0 Å². The summed E-state index contributed by atoms with van der Waals surface area (Å²) in [7, 11) is 0. The molecule has 43 heavy (non-hydrogen) atoms. The number of hydrogen-bond donors (Lipinski definition) is 2. The minimum absolute atomic E-state index is 0.272. The molecule has 5 nitrogen and oxygen atoms in total. The van der Waals surface area contributed by atoms with Gasteiger partial charge in [0.05, 0.1) is 6.54 Å². The fourth-order valence-electron chi connectivity index (χ4n) is 5.52. The number of aliphatic carboxylic acids is 1. The summed E-state index contributed by atoms with van der Waals surface area (Å²) < 4.78 is 21.8. The quantitative estimate of drug-likeness (QED) is 0.165. The van der Waals surface area contributed by atoms with E-state index in [1.54, 1.807) is 12.1 Å². The van der Waals surface area contributed by atoms with Crippen LogP contribution >= 0.6 is 0 Å². The van der Waals surface area contributed by atoms with E-state index in [9.17, 15) is 14.3 Å². The number of rotatable bonds is 11. The molecule has 0 spiro atoms. The summed E-state index contributed by atoms with van der Waals surface area (Å²) in [5.41, 5.74) is 6.06. The summed E-state index contributed by atoms with van der Waals surface area (Å²) in [5.74, 6) is -0.563. The number of aromatic nitrogens is 1. The highest BCUT2D eigenvalue weighted by molar-refractivity contribution is 6.07. The van der Waals surface area contributed by atoms with E-state index in [4.69, 9.17) is 4.74 Å². The third-order valence-corrected chi connectivity index (χ3v) is 7.70. The number of carboxylic acid groups (broad SMARTS) is 1. The second kappa shape index (κ2) is 12.2. The van der Waals surface area contributed by atoms with Gasteiger partial charge in [-0.25, -0.2) is 9.18 Å². The highest BCUT2D eigenvalue weighted by atomic mass is 19.1. The predicted octanol–water partition coefficient (Wildman–Crippen LogP) is 8.18. The van der Waals surface area contributed by atoms with Crippen molar-refractivity contribution in [2.45, 2.75) is 19.0 Å². The average Bonchev–Trinajstić information content (AvgIpc) is 3.35. The second-order valence-corrected chi connectivity index (χ2v) is 10.4. The van der Waals surface area contributed by atoms with Gasteiger partial charge in [0.15, 0.2) is 0 Å². The molecule has 0 saturated heterocycles. The molecule has 0 bridgehead atoms. The molecule has 6 rings (SSSR count). The lowest BCUT2D eigenvalue weighted by molar-refractivity contribution is -0.137. The first-order valence-corrected chi connectivity index (χ1v) is 14.2. The first-order chi connectivity index (χ1) is 21.0. The molecule has 0 aliphatic carbocycles. The molecule has 5 aromatic carbocycles. The Bertz CT molecular complexity index is 1860. The smallest absolute Gasteiger partial charge is 0.326 e. The van der Waals surface area contributed by atoms with Gasteiger partial charge >= 0.3 is 5.97 Å². The lowest BCUT2D eigenvalue weighted by Crippen LogP contribution is -2.31. The molecule has 1 heterocycles. The molecule has 1 atom stereocenters. The van der Waals surface area contributed by atoms with Crippen molar-refractivity contribution in [2.75, 3.05) is 11.9 Å². The van der Waals surface area contributed by atoms with E-state index < -0.39 is 12.0 Å². The fourth-order valence-corrected chi connectivity index (χ4v) is 5.52. The molecule has 0 saturated carbocycles. The third kappa shape index (κ3) is 5.99. The van der Waals surface area contributed by atoms with Gasteiger partial charge in [-0.1, -0.05) is 85.4 Å². The number of carboxylic acids is 1. The molecule has 0 aliphatic rings. The molecule has 214 valence electrons. The zero-order valence-corrected chi connectivity index (χ0v) is 23.5. The maximum atomic E-state index is 13.4. The van der Waals surface area contributed by atoms with E-state index in [-0.39, 0.29) is 12.2 Å². The van der Waals surface area contributed by atoms with Crippen molar-refractivity contribution in [1.82, 2.24) is 4.57 Å². The number of benzene rings is 5. The second-order valence-electron chi connectivity index (χ2n) is 10.4. The van der Waals surface area contributed by atoms with E-state index in [1.165, 1.54) is 33.9 Å². The van der Waals surface area contributed by atoms with Gasteiger partial charge in [0.1, 0.15) is 24.2 Å². The first-order valence-electron chi connectivity index (χ1n) is 14.2. The minimum Gasteiger partial charge on any atom is -0.492 e. The molecular formula is C37H31FN2O3. The zero-order chi connectivity index (χ0) is 29.8. The van der Waals surface area contributed by atoms with Crippen LogP contribution in [0, 0.1) is 5.82 Å². The van der Waals surface area contributed by atoms with Crippen molar-refractivity contribution in [3.8, 4) is 5.75 Å². The number of fused-ring (bicyclic) bond motifs is 3. The topological polar surface area (TPSA) is 63.5 Å². The molecule has 1 aromatic heterocycles. The number of nitrogens with zero attached hydrogens (tertiary/aromatic N) is 1. The zero-order valence-electron chi connectivity index (χ0n) is 23.5. The van der Waals surface area contributed by atoms with E-state index >= 15 is 0 Å². The van der Waals surface area contributed by atoms with Crippen molar-refractivity contribution in [3.05, 3.63) is 150 Å². The van der Waals surface area contributed by atoms with Crippen molar-refractivity contribution >= 4 is 39.0 Å². The van der Waals surface area contributed by atoms with Crippen LogP contribution in [0.25, 0.3) is 27.4 Å². The van der Waals surface area contributed by atoms with Crippen LogP contribution in [-0.4, -0.2) is 28.3 Å². The number of ether oxygens (including phenoxy) is 1. The highest BCUT2D eigenvalue weighted by Crippen LogP contribution is 2.30. The summed E-state index contributed by atoms with van der Waals surface area (Å²) in [6.45, 7) is 5.37. The van der Waals surface area contributed by atoms with Gasteiger partial charge in [0.2, 0.25) is 0 Å². The normalized spacial score (nSPS) is 11.8. The van der Waals surface area contributed by atoms with Gasteiger partial charge in [0, 0.05) is 39.5 Å². The van der Waals surface area contributed by atoms with Gasteiger partial charge in [-0.3, -0.25) is 0 Å². The number of nitrogens with one attached hydrogen (secondary N) is 1. The van der Waals surface area contributed by atoms with Crippen molar-refractivity contribution in [3.63, 3.8) is 0 Å². The number of anilines is 1. The van der Waals surface area contributed by atoms with Crippen LogP contribution in [0.15, 0.2) is 128 Å². The van der Waals surface area contributed by atoms with Crippen LogP contribution < -0.4 is 10.1 Å². The summed E-state index contributed by atoms with van der Waals surface area (Å²) in [6.07, 6.45) is 0.272. The number of hydrogen-bond acceptors (Lipinski definition) is 3. The van der Waals surface area contributed by atoms with Crippen molar-refractivity contribution in [1.29, 1.82) is 0 Å². The van der Waals surface area contributed by atoms with Crippen molar-refractivity contribution < 1.29 is 19.0 Å². The minimum atomic E-state index is -0.964. The summed E-state index contributed by atoms with van der Waals surface area (Å²) in [5, 5.41) is 15.7. The third-order valence-electron chi connectivity index (χ3n) is 7.70. The Balaban J connectivity index is 1.11. The standard InChI is InChI=1S/C37H31FN2O3/c1-25(27-16-18-28(38)19-17-27)30-8-2-5-11-33(30)39-34(37(41)42)24-26-14-20-29(21-15-26)43-23-22-40-35-12-6-3-9-31(35)32-10-4-7-13-36(32)40/h2-21,34,39H,1,22-24H2,(H,41,42). The van der Waals surface area contributed by atoms with E-state index in [1.807, 2.05) is 48.5 Å². The van der Waals surface area contributed by atoms with Crippen LogP contribution in [0.2, 0.25) is 0 Å². The summed E-state index contributed by atoms with van der Waals surface area (Å²) >= 11 is 0. The maximum absolute atomic E-state index is 13.4. The van der Waals surface area contributed by atoms with Gasteiger partial charge in [0.25, 0.3) is 0 Å². The highest BCUT2D eigenvalue weighted by Gasteiger charge is 2.20. The molecule has 2 N–H and O–H groups in total. The maximum Gasteiger partial charge on any atom is 0.326 e. The Morgan fingerprint density at radius 3 is 2.07 bits per heavy atom. The predicted molar refractivity (Wildman–Crippen MR) is 171 cm³/mol. The molecule has 0 fully saturated rings. The van der Waals surface area contributed by atoms with Crippen LogP contribution in [0.3, 0.4) is 0 Å². The van der Waals surface area contributed by atoms with Crippen LogP contribution in [0.5, 0.6) is 5.75 Å². The average molecular weight is 571 g/mol. The Morgan fingerprint density at radius 2 is 1.42 bits per heavy atom. The summed E-state index contributed by atoms with van der Waals surface area (Å²) in [6, 6.07) is 37.0. The van der Waals surface area contributed by atoms with Crippen LogP contribution in [0.4, 0.5) is 10.1 Å². The lowest BCUT2D eigenvalue weighted by Gasteiger charge is -2.20. The first kappa shape index (κ1) is 27.8. The molecule has 6 aromatic rings. The molecule has 0 radical (unpaired) electrons. The Labute approximate surface area is 249 Å². The summed E-state index contributed by atoms with van der Waals surface area (Å²) in [4.78, 5) is 12.3. The van der Waals surface area contributed by atoms with E-state index in [0.29, 0.717) is 24.4 Å². The number of halogens is 1. The number of para-hydroxylation sites is 3. The van der Waals surface area contributed by atoms with Gasteiger partial charge in [-0.2, -0.15) is 0 Å². The van der Waals surface area contributed by atoms with Crippen molar-refractivity contribution in [2.24, 2.45) is 0 Å². The Hall–Kier alpha value is -5.36. The van der Waals surface area contributed by atoms with Crippen LogP contribution in [0.1, 0.15) is 16.7 Å². The molecule has 0 aliphatic heterocycles. The fraction of sp³-hybridized carbons (Fsp3) is 0.108. The monoisotopic (exact) mass is 570 g/mol. The van der Waals surface area contributed by atoms with E-state index in [0.717, 1.165) is 22.4 Å².